The van der Waals surface area contributed by atoms with Crippen LogP contribution < -0.4 is 5.32 Å². The third-order valence-electron chi connectivity index (χ3n) is 2.17. The van der Waals surface area contributed by atoms with Crippen molar-refractivity contribution in [1.29, 1.82) is 0 Å². The fourth-order valence-corrected chi connectivity index (χ4v) is 2.39. The Labute approximate surface area is 76.6 Å². The van der Waals surface area contributed by atoms with E-state index in [2.05, 4.69) is 31.3 Å². The van der Waals surface area contributed by atoms with Crippen molar-refractivity contribution < 1.29 is 4.74 Å². The van der Waals surface area contributed by atoms with Crippen molar-refractivity contribution in [2.45, 2.75) is 19.6 Å². The minimum Gasteiger partial charge on any atom is -0.354 e. The fourth-order valence-electron chi connectivity index (χ4n) is 1.44. The maximum absolute atomic E-state index is 5.64. The normalized spacial score (nSPS) is 29.5. The molecular formula is C9H13NOS. The minimum absolute atomic E-state index is 0.223. The molecule has 0 spiro atoms. The van der Waals surface area contributed by atoms with Gasteiger partial charge in [0.25, 0.3) is 0 Å². The van der Waals surface area contributed by atoms with Crippen LogP contribution in [0.4, 0.5) is 0 Å². The van der Waals surface area contributed by atoms with Crippen LogP contribution in [0.15, 0.2) is 12.1 Å². The number of nitrogens with one attached hydrogen (secondary N) is 1. The summed E-state index contributed by atoms with van der Waals surface area (Å²) >= 11 is 1.80. The second kappa shape index (κ2) is 2.83. The van der Waals surface area contributed by atoms with E-state index < -0.39 is 0 Å². The molecule has 1 fully saturated rings. The van der Waals surface area contributed by atoms with Crippen LogP contribution in [0, 0.1) is 6.92 Å². The van der Waals surface area contributed by atoms with Crippen LogP contribution in [0.1, 0.15) is 16.7 Å². The zero-order valence-electron chi connectivity index (χ0n) is 7.39. The molecule has 1 aliphatic heterocycles. The zero-order chi connectivity index (χ0) is 8.60. The number of ether oxygens (including phenoxy) is 1. The lowest BCUT2D eigenvalue weighted by molar-refractivity contribution is 0.00562. The van der Waals surface area contributed by atoms with E-state index in [1.807, 2.05) is 0 Å². The van der Waals surface area contributed by atoms with E-state index >= 15 is 0 Å². The van der Waals surface area contributed by atoms with E-state index in [1.165, 1.54) is 9.75 Å². The maximum atomic E-state index is 5.64. The Morgan fingerprint density at radius 2 is 2.42 bits per heavy atom. The van der Waals surface area contributed by atoms with E-state index in [-0.39, 0.29) is 5.72 Å². The van der Waals surface area contributed by atoms with E-state index in [4.69, 9.17) is 4.74 Å². The zero-order valence-corrected chi connectivity index (χ0v) is 8.20. The average Bonchev–Trinajstić information content (AvgIpc) is 2.59. The summed E-state index contributed by atoms with van der Waals surface area (Å²) < 4.78 is 5.64. The summed E-state index contributed by atoms with van der Waals surface area (Å²) in [5, 5.41) is 3.35. The Bertz CT molecular complexity index is 276. The molecule has 12 heavy (non-hydrogen) atoms. The molecule has 0 aromatic carbocycles. The molecule has 1 saturated heterocycles. The molecule has 1 unspecified atom stereocenters. The Morgan fingerprint density at radius 1 is 1.58 bits per heavy atom. The van der Waals surface area contributed by atoms with Gasteiger partial charge in [-0.05, 0) is 26.0 Å². The summed E-state index contributed by atoms with van der Waals surface area (Å²) in [4.78, 5) is 2.61. The number of rotatable bonds is 1. The first-order chi connectivity index (χ1) is 5.71. The lowest BCUT2D eigenvalue weighted by atomic mass is 10.2. The molecule has 0 bridgehead atoms. The Kier molecular flexibility index (Phi) is 1.94. The van der Waals surface area contributed by atoms with E-state index in [0.717, 1.165) is 13.2 Å². The van der Waals surface area contributed by atoms with Gasteiger partial charge in [-0.25, -0.2) is 0 Å². The molecule has 1 aromatic rings. The molecule has 2 nitrogen and oxygen atoms in total. The number of hydrogen-bond donors (Lipinski definition) is 1. The van der Waals surface area contributed by atoms with Gasteiger partial charge in [0, 0.05) is 11.4 Å². The van der Waals surface area contributed by atoms with Gasteiger partial charge in [-0.15, -0.1) is 11.3 Å². The smallest absolute Gasteiger partial charge is 0.151 e. The van der Waals surface area contributed by atoms with Crippen LogP contribution >= 0.6 is 11.3 Å². The first-order valence-corrected chi connectivity index (χ1v) is 4.98. The topological polar surface area (TPSA) is 21.3 Å². The third-order valence-corrected chi connectivity index (χ3v) is 3.37. The highest BCUT2D eigenvalue weighted by atomic mass is 32.1. The minimum atomic E-state index is -0.223. The molecule has 2 heterocycles. The summed E-state index contributed by atoms with van der Waals surface area (Å²) in [5.41, 5.74) is -0.223. The van der Waals surface area contributed by atoms with Gasteiger partial charge < -0.3 is 4.74 Å². The number of hydrogen-bond acceptors (Lipinski definition) is 3. The molecule has 0 saturated carbocycles. The van der Waals surface area contributed by atoms with E-state index in [9.17, 15) is 0 Å². The van der Waals surface area contributed by atoms with Crippen LogP contribution in [-0.2, 0) is 10.5 Å². The van der Waals surface area contributed by atoms with Crippen molar-refractivity contribution in [2.24, 2.45) is 0 Å². The Morgan fingerprint density at radius 3 is 2.92 bits per heavy atom. The lowest BCUT2D eigenvalue weighted by Crippen LogP contribution is -2.33. The van der Waals surface area contributed by atoms with Gasteiger partial charge in [-0.1, -0.05) is 0 Å². The molecule has 1 aliphatic rings. The fraction of sp³-hybridized carbons (Fsp3) is 0.556. The highest BCUT2D eigenvalue weighted by Gasteiger charge is 2.32. The second-order valence-corrected chi connectivity index (χ2v) is 4.51. The van der Waals surface area contributed by atoms with Gasteiger partial charge >= 0.3 is 0 Å². The summed E-state index contributed by atoms with van der Waals surface area (Å²) in [6.45, 7) is 5.97. The van der Waals surface area contributed by atoms with Crippen LogP contribution in [0.5, 0.6) is 0 Å². The molecular weight excluding hydrogens is 170 g/mol. The maximum Gasteiger partial charge on any atom is 0.151 e. The van der Waals surface area contributed by atoms with Crippen molar-refractivity contribution in [1.82, 2.24) is 5.32 Å². The molecule has 0 amide bonds. The van der Waals surface area contributed by atoms with E-state index in [1.54, 1.807) is 11.3 Å². The predicted octanol–water partition coefficient (Wildman–Crippen LogP) is 1.85. The first kappa shape index (κ1) is 8.23. The summed E-state index contributed by atoms with van der Waals surface area (Å²) in [6.07, 6.45) is 0. The van der Waals surface area contributed by atoms with Crippen molar-refractivity contribution in [3.63, 3.8) is 0 Å². The quantitative estimate of drug-likeness (QED) is 0.717. The molecule has 2 rings (SSSR count). The van der Waals surface area contributed by atoms with Crippen molar-refractivity contribution in [3.8, 4) is 0 Å². The van der Waals surface area contributed by atoms with Gasteiger partial charge in [0.15, 0.2) is 5.72 Å². The average molecular weight is 183 g/mol. The standard InChI is InChI=1S/C9H13NOS/c1-7-3-4-8(12-7)9(2)10-5-6-11-9/h3-4,10H,5-6H2,1-2H3. The summed E-state index contributed by atoms with van der Waals surface area (Å²) in [7, 11) is 0. The van der Waals surface area contributed by atoms with Crippen LogP contribution in [-0.4, -0.2) is 13.2 Å². The Hall–Kier alpha value is -0.380. The number of aryl methyl sites for hydroxylation is 1. The predicted molar refractivity (Wildman–Crippen MR) is 50.4 cm³/mol. The second-order valence-electron chi connectivity index (χ2n) is 3.22. The van der Waals surface area contributed by atoms with Gasteiger partial charge in [0.1, 0.15) is 0 Å². The largest absolute Gasteiger partial charge is 0.354 e. The van der Waals surface area contributed by atoms with Crippen molar-refractivity contribution in [2.75, 3.05) is 13.2 Å². The molecule has 0 radical (unpaired) electrons. The molecule has 1 N–H and O–H groups in total. The van der Waals surface area contributed by atoms with Gasteiger partial charge in [0.05, 0.1) is 11.5 Å². The SMILES string of the molecule is Cc1ccc(C2(C)NCCO2)s1. The van der Waals surface area contributed by atoms with Crippen molar-refractivity contribution in [3.05, 3.63) is 21.9 Å². The number of thiophene rings is 1. The molecule has 0 aliphatic carbocycles. The van der Waals surface area contributed by atoms with Gasteiger partial charge in [-0.3, -0.25) is 5.32 Å². The van der Waals surface area contributed by atoms with Crippen LogP contribution in [0.25, 0.3) is 0 Å². The highest BCUT2D eigenvalue weighted by Crippen LogP contribution is 2.30. The monoisotopic (exact) mass is 183 g/mol. The summed E-state index contributed by atoms with van der Waals surface area (Å²) in [5.74, 6) is 0. The van der Waals surface area contributed by atoms with Gasteiger partial charge in [-0.2, -0.15) is 0 Å². The van der Waals surface area contributed by atoms with Crippen molar-refractivity contribution >= 4 is 11.3 Å². The Balaban J connectivity index is 2.28. The lowest BCUT2D eigenvalue weighted by Gasteiger charge is -2.21. The molecule has 66 valence electrons. The molecule has 1 aromatic heterocycles. The van der Waals surface area contributed by atoms with Crippen LogP contribution in [0.2, 0.25) is 0 Å². The van der Waals surface area contributed by atoms with Gasteiger partial charge in [0.2, 0.25) is 0 Å². The first-order valence-electron chi connectivity index (χ1n) is 4.17. The van der Waals surface area contributed by atoms with E-state index in [0.29, 0.717) is 0 Å². The molecule has 1 atom stereocenters. The molecule has 3 heteroatoms. The summed E-state index contributed by atoms with van der Waals surface area (Å²) in [6, 6.07) is 4.27. The highest BCUT2D eigenvalue weighted by molar-refractivity contribution is 7.12. The van der Waals surface area contributed by atoms with Crippen LogP contribution in [0.3, 0.4) is 0 Å². The third kappa shape index (κ3) is 1.28.